The highest BCUT2D eigenvalue weighted by atomic mass is 35.5. The number of aromatic nitrogens is 3. The summed E-state index contributed by atoms with van der Waals surface area (Å²) in [5.74, 6) is 0.321. The summed E-state index contributed by atoms with van der Waals surface area (Å²) in [4.78, 5) is 8.76. The molecule has 0 fully saturated rings. The van der Waals surface area contributed by atoms with E-state index in [4.69, 9.17) is 23.2 Å². The normalized spacial score (nSPS) is 12.8. The second-order valence-electron chi connectivity index (χ2n) is 4.85. The Morgan fingerprint density at radius 3 is 2.71 bits per heavy atom. The number of hydrogen-bond donors (Lipinski definition) is 0. The molecule has 0 bridgehead atoms. The molecule has 3 rings (SSSR count). The van der Waals surface area contributed by atoms with Crippen molar-refractivity contribution in [1.29, 1.82) is 0 Å². The fourth-order valence-electron chi connectivity index (χ4n) is 2.20. The summed E-state index contributed by atoms with van der Waals surface area (Å²) >= 11 is 12.1. The van der Waals surface area contributed by atoms with Gasteiger partial charge >= 0.3 is 0 Å². The average molecular weight is 324 g/mol. The SMILES string of the molecule is Cc1ccc(-n2c(C(C)Cl)nc3cc(Cl)cnc32)cc1F. The molecule has 2 aromatic heterocycles. The van der Waals surface area contributed by atoms with Crippen LogP contribution >= 0.6 is 23.2 Å². The highest BCUT2D eigenvalue weighted by Crippen LogP contribution is 2.28. The average Bonchev–Trinajstić information content (AvgIpc) is 2.80. The van der Waals surface area contributed by atoms with Crippen LogP contribution in [0.4, 0.5) is 4.39 Å². The van der Waals surface area contributed by atoms with Gasteiger partial charge in [0.2, 0.25) is 0 Å². The summed E-state index contributed by atoms with van der Waals surface area (Å²) in [5.41, 5.74) is 2.45. The first-order valence-corrected chi connectivity index (χ1v) is 7.23. The summed E-state index contributed by atoms with van der Waals surface area (Å²) < 4.78 is 15.6. The number of fused-ring (bicyclic) bond motifs is 1. The molecule has 1 aromatic carbocycles. The largest absolute Gasteiger partial charge is 0.279 e. The van der Waals surface area contributed by atoms with E-state index in [9.17, 15) is 4.39 Å². The smallest absolute Gasteiger partial charge is 0.164 e. The highest BCUT2D eigenvalue weighted by molar-refractivity contribution is 6.31. The van der Waals surface area contributed by atoms with Crippen molar-refractivity contribution in [2.45, 2.75) is 19.2 Å². The fraction of sp³-hybridized carbons (Fsp3) is 0.200. The zero-order valence-corrected chi connectivity index (χ0v) is 13.0. The van der Waals surface area contributed by atoms with E-state index in [0.717, 1.165) is 0 Å². The van der Waals surface area contributed by atoms with Crippen LogP contribution in [0.15, 0.2) is 30.5 Å². The van der Waals surface area contributed by atoms with E-state index >= 15 is 0 Å². The molecule has 1 unspecified atom stereocenters. The van der Waals surface area contributed by atoms with Gasteiger partial charge in [0.05, 0.1) is 16.1 Å². The number of imidazole rings is 1. The lowest BCUT2D eigenvalue weighted by atomic mass is 10.2. The third kappa shape index (κ3) is 2.49. The zero-order chi connectivity index (χ0) is 15.1. The first kappa shape index (κ1) is 14.3. The van der Waals surface area contributed by atoms with Gasteiger partial charge in [-0.3, -0.25) is 4.57 Å². The molecule has 0 aliphatic carbocycles. The number of hydrogen-bond acceptors (Lipinski definition) is 2. The van der Waals surface area contributed by atoms with Gasteiger partial charge in [-0.15, -0.1) is 11.6 Å². The summed E-state index contributed by atoms with van der Waals surface area (Å²) in [5, 5.41) is 0.151. The highest BCUT2D eigenvalue weighted by Gasteiger charge is 2.18. The predicted octanol–water partition coefficient (Wildman–Crippen LogP) is 4.82. The predicted molar refractivity (Wildman–Crippen MR) is 82.8 cm³/mol. The quantitative estimate of drug-likeness (QED) is 0.633. The molecule has 3 nitrogen and oxygen atoms in total. The van der Waals surface area contributed by atoms with Crippen molar-refractivity contribution in [3.8, 4) is 5.69 Å². The number of nitrogens with zero attached hydrogens (tertiary/aromatic N) is 3. The number of rotatable bonds is 2. The molecule has 0 saturated heterocycles. The summed E-state index contributed by atoms with van der Waals surface area (Å²) in [7, 11) is 0. The molecule has 0 radical (unpaired) electrons. The summed E-state index contributed by atoms with van der Waals surface area (Å²) in [6.07, 6.45) is 1.54. The second kappa shape index (κ2) is 5.28. The van der Waals surface area contributed by atoms with Crippen molar-refractivity contribution >= 4 is 34.4 Å². The molecule has 108 valence electrons. The lowest BCUT2D eigenvalue weighted by Crippen LogP contribution is -2.03. The van der Waals surface area contributed by atoms with Crippen LogP contribution in [0.1, 0.15) is 23.7 Å². The molecule has 3 aromatic rings. The van der Waals surface area contributed by atoms with E-state index in [-0.39, 0.29) is 11.2 Å². The van der Waals surface area contributed by atoms with Gasteiger partial charge in [0.1, 0.15) is 17.2 Å². The van der Waals surface area contributed by atoms with Crippen LogP contribution in [-0.2, 0) is 0 Å². The number of halogens is 3. The first-order chi connectivity index (χ1) is 9.97. The van der Waals surface area contributed by atoms with Crippen molar-refractivity contribution in [3.05, 3.63) is 52.7 Å². The lowest BCUT2D eigenvalue weighted by Gasteiger charge is -2.10. The van der Waals surface area contributed by atoms with Gasteiger partial charge in [-0.2, -0.15) is 0 Å². The van der Waals surface area contributed by atoms with Crippen LogP contribution < -0.4 is 0 Å². The molecule has 0 amide bonds. The fourth-order valence-corrected chi connectivity index (χ4v) is 2.50. The van der Waals surface area contributed by atoms with E-state index in [0.29, 0.717) is 33.3 Å². The van der Waals surface area contributed by atoms with Crippen LogP contribution in [0.25, 0.3) is 16.9 Å². The van der Waals surface area contributed by atoms with E-state index in [1.54, 1.807) is 23.6 Å². The maximum Gasteiger partial charge on any atom is 0.164 e. The van der Waals surface area contributed by atoms with E-state index < -0.39 is 0 Å². The van der Waals surface area contributed by atoms with Crippen molar-refractivity contribution in [1.82, 2.24) is 14.5 Å². The maximum atomic E-state index is 13.9. The third-order valence-electron chi connectivity index (χ3n) is 3.26. The monoisotopic (exact) mass is 323 g/mol. The minimum Gasteiger partial charge on any atom is -0.279 e. The van der Waals surface area contributed by atoms with Crippen LogP contribution in [-0.4, -0.2) is 14.5 Å². The number of aryl methyl sites for hydroxylation is 1. The van der Waals surface area contributed by atoms with Crippen LogP contribution in [0.2, 0.25) is 5.02 Å². The number of alkyl halides is 1. The Bertz CT molecular complexity index is 827. The molecule has 21 heavy (non-hydrogen) atoms. The Labute approximate surface area is 131 Å². The van der Waals surface area contributed by atoms with Crippen molar-refractivity contribution < 1.29 is 4.39 Å². The molecule has 0 aliphatic rings. The minimum absolute atomic E-state index is 0.281. The van der Waals surface area contributed by atoms with Gasteiger partial charge in [0.15, 0.2) is 5.65 Å². The lowest BCUT2D eigenvalue weighted by molar-refractivity contribution is 0.617. The van der Waals surface area contributed by atoms with Crippen LogP contribution in [0.3, 0.4) is 0 Å². The third-order valence-corrected chi connectivity index (χ3v) is 3.66. The zero-order valence-electron chi connectivity index (χ0n) is 11.4. The Hall–Kier alpha value is -1.65. The minimum atomic E-state index is -0.345. The molecule has 0 N–H and O–H groups in total. The Morgan fingerprint density at radius 1 is 1.29 bits per heavy atom. The molecule has 2 heterocycles. The molecule has 0 aliphatic heterocycles. The van der Waals surface area contributed by atoms with Crippen molar-refractivity contribution in [2.24, 2.45) is 0 Å². The summed E-state index contributed by atoms with van der Waals surface area (Å²) in [6, 6.07) is 6.71. The van der Waals surface area contributed by atoms with Crippen molar-refractivity contribution in [2.75, 3.05) is 0 Å². The van der Waals surface area contributed by atoms with Gasteiger partial charge in [0.25, 0.3) is 0 Å². The topological polar surface area (TPSA) is 30.7 Å². The van der Waals surface area contributed by atoms with Crippen LogP contribution in [0.5, 0.6) is 0 Å². The number of benzene rings is 1. The molecular weight excluding hydrogens is 312 g/mol. The standard InChI is InChI=1S/C15H12Cl2FN3/c1-8-3-4-11(6-12(8)18)21-14(9(2)16)20-13-5-10(17)7-19-15(13)21/h3-7,9H,1-2H3. The van der Waals surface area contributed by atoms with E-state index in [1.807, 2.05) is 13.0 Å². The molecule has 1 atom stereocenters. The Morgan fingerprint density at radius 2 is 2.05 bits per heavy atom. The maximum absolute atomic E-state index is 13.9. The van der Waals surface area contributed by atoms with Crippen LogP contribution in [0, 0.1) is 12.7 Å². The van der Waals surface area contributed by atoms with E-state index in [2.05, 4.69) is 9.97 Å². The Kier molecular flexibility index (Phi) is 3.59. The second-order valence-corrected chi connectivity index (χ2v) is 5.94. The van der Waals surface area contributed by atoms with Gasteiger partial charge in [-0.05, 0) is 37.6 Å². The molecular formula is C15H12Cl2FN3. The Balaban J connectivity index is 2.33. The van der Waals surface area contributed by atoms with Gasteiger partial charge in [-0.1, -0.05) is 17.7 Å². The first-order valence-electron chi connectivity index (χ1n) is 6.42. The van der Waals surface area contributed by atoms with Gasteiger partial charge in [-0.25, -0.2) is 14.4 Å². The van der Waals surface area contributed by atoms with Crippen molar-refractivity contribution in [3.63, 3.8) is 0 Å². The molecule has 0 saturated carbocycles. The van der Waals surface area contributed by atoms with E-state index in [1.165, 1.54) is 12.3 Å². The number of pyridine rings is 1. The van der Waals surface area contributed by atoms with Gasteiger partial charge < -0.3 is 0 Å². The molecule has 6 heteroatoms. The van der Waals surface area contributed by atoms with Gasteiger partial charge in [0, 0.05) is 6.20 Å². The molecule has 0 spiro atoms. The summed E-state index contributed by atoms with van der Waals surface area (Å²) in [6.45, 7) is 3.53.